The van der Waals surface area contributed by atoms with Crippen LogP contribution in [-0.4, -0.2) is 0 Å². The molecule has 1 heterocycles. The monoisotopic (exact) mass is 765 g/mol. The Hall–Kier alpha value is -7.94. The molecule has 0 aliphatic carbocycles. The van der Waals surface area contributed by atoms with Crippen LogP contribution in [-0.2, 0) is 0 Å². The Morgan fingerprint density at radius 3 is 1.28 bits per heavy atom. The molecular formula is C58H39NO. The molecular weight excluding hydrogens is 727 g/mol. The summed E-state index contributed by atoms with van der Waals surface area (Å²) < 4.78 is 6.23. The molecule has 2 heteroatoms. The Kier molecular flexibility index (Phi) is 8.87. The quantitative estimate of drug-likeness (QED) is 0.153. The Bertz CT molecular complexity index is 3290. The van der Waals surface area contributed by atoms with Gasteiger partial charge in [-0.05, 0) is 133 Å². The van der Waals surface area contributed by atoms with Crippen LogP contribution in [0.3, 0.4) is 0 Å². The van der Waals surface area contributed by atoms with Crippen LogP contribution in [0.4, 0.5) is 17.1 Å². The van der Waals surface area contributed by atoms with E-state index in [-0.39, 0.29) is 0 Å². The number of rotatable bonds is 8. The highest BCUT2D eigenvalue weighted by atomic mass is 16.3. The zero-order valence-electron chi connectivity index (χ0n) is 32.9. The number of furan rings is 1. The minimum Gasteiger partial charge on any atom is -0.456 e. The SMILES string of the molecule is c1ccc(-c2cccc(-c3ccc(N(c4ccc(-c5ccc(-c6cccc(-c7ccc8ccccc8c7)c6)cc5)cc4)c4ccc5oc6ccccc6c5c4)cc3)c2)cc1. The molecule has 0 unspecified atom stereocenters. The van der Waals surface area contributed by atoms with Crippen molar-refractivity contribution in [2.75, 3.05) is 4.90 Å². The van der Waals surface area contributed by atoms with Gasteiger partial charge in [-0.15, -0.1) is 0 Å². The zero-order valence-corrected chi connectivity index (χ0v) is 32.9. The van der Waals surface area contributed by atoms with E-state index in [1.165, 1.54) is 66.4 Å². The topological polar surface area (TPSA) is 16.4 Å². The number of fused-ring (bicyclic) bond motifs is 4. The lowest BCUT2D eigenvalue weighted by atomic mass is 9.96. The lowest BCUT2D eigenvalue weighted by molar-refractivity contribution is 0.669. The largest absolute Gasteiger partial charge is 0.456 e. The van der Waals surface area contributed by atoms with Crippen LogP contribution in [0, 0.1) is 0 Å². The molecule has 2 nitrogen and oxygen atoms in total. The summed E-state index contributed by atoms with van der Waals surface area (Å²) in [6, 6.07) is 84.9. The number of nitrogens with zero attached hydrogens (tertiary/aromatic N) is 1. The van der Waals surface area contributed by atoms with E-state index >= 15 is 0 Å². The average molecular weight is 766 g/mol. The molecule has 282 valence electrons. The van der Waals surface area contributed by atoms with Gasteiger partial charge in [0.05, 0.1) is 0 Å². The molecule has 0 spiro atoms. The van der Waals surface area contributed by atoms with E-state index in [1.54, 1.807) is 0 Å². The molecule has 0 N–H and O–H groups in total. The molecule has 0 radical (unpaired) electrons. The summed E-state index contributed by atoms with van der Waals surface area (Å²) in [4.78, 5) is 2.33. The van der Waals surface area contributed by atoms with Gasteiger partial charge in [0.2, 0.25) is 0 Å². The highest BCUT2D eigenvalue weighted by molar-refractivity contribution is 6.06. The molecule has 0 saturated carbocycles. The van der Waals surface area contributed by atoms with Gasteiger partial charge in [0.1, 0.15) is 11.2 Å². The van der Waals surface area contributed by atoms with Crippen molar-refractivity contribution in [2.45, 2.75) is 0 Å². The van der Waals surface area contributed by atoms with E-state index in [0.29, 0.717) is 0 Å². The summed E-state index contributed by atoms with van der Waals surface area (Å²) in [5, 5.41) is 4.73. The van der Waals surface area contributed by atoms with Gasteiger partial charge in [0.15, 0.2) is 0 Å². The summed E-state index contributed by atoms with van der Waals surface area (Å²) >= 11 is 0. The third-order valence-electron chi connectivity index (χ3n) is 11.7. The van der Waals surface area contributed by atoms with Gasteiger partial charge < -0.3 is 9.32 Å². The predicted molar refractivity (Wildman–Crippen MR) is 253 cm³/mol. The number of anilines is 3. The van der Waals surface area contributed by atoms with Crippen molar-refractivity contribution in [3.8, 4) is 55.6 Å². The van der Waals surface area contributed by atoms with Gasteiger partial charge in [-0.2, -0.15) is 0 Å². The predicted octanol–water partition coefficient (Wildman–Crippen LogP) is 16.5. The molecule has 0 amide bonds. The molecule has 0 atom stereocenters. The van der Waals surface area contributed by atoms with Crippen LogP contribution in [0.1, 0.15) is 0 Å². The van der Waals surface area contributed by atoms with Crippen LogP contribution in [0.25, 0.3) is 88.3 Å². The minimum atomic E-state index is 0.882. The smallest absolute Gasteiger partial charge is 0.135 e. The fourth-order valence-electron chi connectivity index (χ4n) is 8.52. The van der Waals surface area contributed by atoms with Crippen LogP contribution >= 0.6 is 0 Å². The van der Waals surface area contributed by atoms with Gasteiger partial charge in [0, 0.05) is 27.8 Å². The second kappa shape index (κ2) is 15.1. The first kappa shape index (κ1) is 35.2. The van der Waals surface area contributed by atoms with E-state index < -0.39 is 0 Å². The Morgan fingerprint density at radius 1 is 0.233 bits per heavy atom. The van der Waals surface area contributed by atoms with E-state index in [2.05, 4.69) is 229 Å². The van der Waals surface area contributed by atoms with Crippen molar-refractivity contribution in [1.29, 1.82) is 0 Å². The van der Waals surface area contributed by atoms with Crippen molar-refractivity contribution in [1.82, 2.24) is 0 Å². The number of hydrogen-bond donors (Lipinski definition) is 0. The normalized spacial score (nSPS) is 11.3. The maximum absolute atomic E-state index is 6.23. The fourth-order valence-corrected chi connectivity index (χ4v) is 8.52. The van der Waals surface area contributed by atoms with Crippen molar-refractivity contribution < 1.29 is 4.42 Å². The van der Waals surface area contributed by atoms with Crippen molar-refractivity contribution in [2.24, 2.45) is 0 Å². The summed E-state index contributed by atoms with van der Waals surface area (Å²) in [6.45, 7) is 0. The van der Waals surface area contributed by atoms with Gasteiger partial charge in [-0.3, -0.25) is 0 Å². The second-order valence-electron chi connectivity index (χ2n) is 15.4. The van der Waals surface area contributed by atoms with Crippen molar-refractivity contribution in [3.63, 3.8) is 0 Å². The summed E-state index contributed by atoms with van der Waals surface area (Å²) in [6.07, 6.45) is 0. The van der Waals surface area contributed by atoms with E-state index in [0.717, 1.165) is 39.0 Å². The van der Waals surface area contributed by atoms with E-state index in [1.807, 2.05) is 12.1 Å². The van der Waals surface area contributed by atoms with Crippen molar-refractivity contribution in [3.05, 3.63) is 237 Å². The number of benzene rings is 10. The van der Waals surface area contributed by atoms with Crippen LogP contribution in [0.5, 0.6) is 0 Å². The molecule has 60 heavy (non-hydrogen) atoms. The number of hydrogen-bond acceptors (Lipinski definition) is 2. The van der Waals surface area contributed by atoms with Crippen LogP contribution < -0.4 is 4.90 Å². The first-order chi connectivity index (χ1) is 29.7. The molecule has 0 aliphatic rings. The highest BCUT2D eigenvalue weighted by Gasteiger charge is 2.16. The van der Waals surface area contributed by atoms with Gasteiger partial charge >= 0.3 is 0 Å². The van der Waals surface area contributed by atoms with Crippen LogP contribution in [0.15, 0.2) is 241 Å². The van der Waals surface area contributed by atoms with E-state index in [4.69, 9.17) is 4.42 Å². The average Bonchev–Trinajstić information content (AvgIpc) is 3.70. The summed E-state index contributed by atoms with van der Waals surface area (Å²) in [5.41, 5.74) is 17.0. The van der Waals surface area contributed by atoms with E-state index in [9.17, 15) is 0 Å². The van der Waals surface area contributed by atoms with Gasteiger partial charge in [-0.1, -0.05) is 170 Å². The summed E-state index contributed by atoms with van der Waals surface area (Å²) in [5.74, 6) is 0. The first-order valence-electron chi connectivity index (χ1n) is 20.5. The molecule has 11 rings (SSSR count). The lowest BCUT2D eigenvalue weighted by Gasteiger charge is -2.26. The second-order valence-corrected chi connectivity index (χ2v) is 15.4. The molecule has 0 aliphatic heterocycles. The Labute approximate surface area is 349 Å². The molecule has 10 aromatic carbocycles. The Balaban J connectivity index is 0.911. The number of para-hydroxylation sites is 1. The molecule has 1 aromatic heterocycles. The molecule has 0 bridgehead atoms. The van der Waals surface area contributed by atoms with Crippen molar-refractivity contribution >= 4 is 49.8 Å². The first-order valence-corrected chi connectivity index (χ1v) is 20.5. The third-order valence-corrected chi connectivity index (χ3v) is 11.7. The molecule has 0 fully saturated rings. The summed E-state index contributed by atoms with van der Waals surface area (Å²) in [7, 11) is 0. The molecule has 11 aromatic rings. The Morgan fingerprint density at radius 2 is 0.650 bits per heavy atom. The highest BCUT2D eigenvalue weighted by Crippen LogP contribution is 2.40. The van der Waals surface area contributed by atoms with Gasteiger partial charge in [-0.25, -0.2) is 0 Å². The zero-order chi connectivity index (χ0) is 39.8. The maximum atomic E-state index is 6.23. The standard InChI is InChI=1S/C58H39NO/c1-2-10-40(11-3-1)47-14-8-15-48(36-47)45-28-32-53(33-29-45)59(54-34-35-58-56(39-54)55-18-6-7-19-57(55)60-58)52-30-26-43(27-31-52)42-20-22-44(23-21-42)49-16-9-17-50(37-49)51-25-24-41-12-4-5-13-46(41)38-51/h1-39H. The minimum absolute atomic E-state index is 0.882. The molecule has 0 saturated heterocycles. The van der Waals surface area contributed by atoms with Gasteiger partial charge in [0.25, 0.3) is 0 Å². The van der Waals surface area contributed by atoms with Crippen LogP contribution in [0.2, 0.25) is 0 Å². The fraction of sp³-hybridized carbons (Fsp3) is 0. The third kappa shape index (κ3) is 6.70. The maximum Gasteiger partial charge on any atom is 0.135 e. The lowest BCUT2D eigenvalue weighted by Crippen LogP contribution is -2.09.